The Hall–Kier alpha value is -1.32. The fourth-order valence-corrected chi connectivity index (χ4v) is 3.51. The van der Waals surface area contributed by atoms with E-state index in [-0.39, 0.29) is 5.56 Å². The molecule has 4 nitrogen and oxygen atoms in total. The first kappa shape index (κ1) is 13.1. The van der Waals surface area contributed by atoms with Gasteiger partial charge in [-0.25, -0.2) is 4.98 Å². The Morgan fingerprint density at radius 2 is 2.28 bits per heavy atom. The Morgan fingerprint density at radius 1 is 1.50 bits per heavy atom. The molecule has 94 valence electrons. The molecule has 0 aliphatic carbocycles. The molecule has 0 aliphatic rings. The average Bonchev–Trinajstić information content (AvgIpc) is 2.61. The number of aryl methyl sites for hydroxylation is 2. The zero-order valence-electron chi connectivity index (χ0n) is 10.2. The number of hydrogen-bond acceptors (Lipinski definition) is 5. The molecular weight excluding hydrogens is 266 g/mol. The number of nitrogens with zero attached hydrogens (tertiary/aromatic N) is 2. The van der Waals surface area contributed by atoms with Crippen LogP contribution in [0.15, 0.2) is 9.95 Å². The molecule has 0 aliphatic heterocycles. The fourth-order valence-electron chi connectivity index (χ4n) is 1.62. The summed E-state index contributed by atoms with van der Waals surface area (Å²) in [5.74, 6) is 0.797. The van der Waals surface area contributed by atoms with Crippen LogP contribution in [0.25, 0.3) is 10.2 Å². The fraction of sp³-hybridized carbons (Fsp3) is 0.417. The molecule has 0 aromatic carbocycles. The molecule has 6 heteroatoms. The lowest BCUT2D eigenvalue weighted by Gasteiger charge is -1.99. The quantitative estimate of drug-likeness (QED) is 0.530. The van der Waals surface area contributed by atoms with Gasteiger partial charge in [0.15, 0.2) is 5.16 Å². The van der Waals surface area contributed by atoms with Crippen LogP contribution in [-0.2, 0) is 0 Å². The molecule has 0 fully saturated rings. The Morgan fingerprint density at radius 3 is 3.00 bits per heavy atom. The second-order valence-electron chi connectivity index (χ2n) is 3.94. The third-order valence-electron chi connectivity index (χ3n) is 2.69. The van der Waals surface area contributed by atoms with Crippen LogP contribution in [-0.4, -0.2) is 15.7 Å². The van der Waals surface area contributed by atoms with Crippen LogP contribution in [0.3, 0.4) is 0 Å². The first-order valence-electron chi connectivity index (χ1n) is 5.63. The van der Waals surface area contributed by atoms with Gasteiger partial charge in [-0.3, -0.25) is 4.79 Å². The summed E-state index contributed by atoms with van der Waals surface area (Å²) in [6, 6.07) is 2.10. The van der Waals surface area contributed by atoms with Gasteiger partial charge in [-0.15, -0.1) is 11.3 Å². The van der Waals surface area contributed by atoms with Gasteiger partial charge in [-0.05, 0) is 25.8 Å². The Bertz CT molecular complexity index is 666. The SMILES string of the molecule is Cc1sc2nc(SCCCC#N)[nH]c(=O)c2c1C. The zero-order chi connectivity index (χ0) is 13.1. The van der Waals surface area contributed by atoms with Crippen LogP contribution < -0.4 is 5.56 Å². The zero-order valence-corrected chi connectivity index (χ0v) is 11.9. The van der Waals surface area contributed by atoms with Gasteiger partial charge in [-0.1, -0.05) is 11.8 Å². The molecule has 0 bridgehead atoms. The number of nitriles is 1. The van der Waals surface area contributed by atoms with E-state index in [0.29, 0.717) is 17.0 Å². The maximum absolute atomic E-state index is 12.0. The van der Waals surface area contributed by atoms with E-state index in [1.807, 2.05) is 13.8 Å². The number of rotatable bonds is 4. The first-order valence-corrected chi connectivity index (χ1v) is 7.43. The van der Waals surface area contributed by atoms with Crippen LogP contribution in [0.5, 0.6) is 0 Å². The van der Waals surface area contributed by atoms with Crippen molar-refractivity contribution in [2.45, 2.75) is 31.8 Å². The molecule has 0 amide bonds. The molecule has 1 N–H and O–H groups in total. The number of nitrogens with one attached hydrogen (secondary N) is 1. The van der Waals surface area contributed by atoms with Crippen molar-refractivity contribution in [1.82, 2.24) is 9.97 Å². The predicted octanol–water partition coefficient (Wildman–Crippen LogP) is 3.00. The van der Waals surface area contributed by atoms with Gasteiger partial charge in [-0.2, -0.15) is 5.26 Å². The molecule has 0 atom stereocenters. The van der Waals surface area contributed by atoms with Gasteiger partial charge in [0.2, 0.25) is 0 Å². The molecule has 2 aromatic rings. The molecular formula is C12H13N3OS2. The van der Waals surface area contributed by atoms with Crippen molar-refractivity contribution in [3.63, 3.8) is 0 Å². The lowest BCUT2D eigenvalue weighted by Crippen LogP contribution is -2.08. The Kier molecular flexibility index (Phi) is 4.04. The van der Waals surface area contributed by atoms with E-state index in [0.717, 1.165) is 27.4 Å². The smallest absolute Gasteiger partial charge is 0.260 e. The van der Waals surface area contributed by atoms with E-state index in [1.165, 1.54) is 11.8 Å². The number of hydrogen-bond donors (Lipinski definition) is 1. The minimum atomic E-state index is -0.0652. The van der Waals surface area contributed by atoms with Gasteiger partial charge < -0.3 is 4.98 Å². The van der Waals surface area contributed by atoms with Crippen LogP contribution >= 0.6 is 23.1 Å². The van der Waals surface area contributed by atoms with Crippen LogP contribution in [0, 0.1) is 25.2 Å². The maximum Gasteiger partial charge on any atom is 0.260 e. The molecule has 2 aromatic heterocycles. The highest BCUT2D eigenvalue weighted by Crippen LogP contribution is 2.27. The van der Waals surface area contributed by atoms with Crippen molar-refractivity contribution in [3.8, 4) is 6.07 Å². The summed E-state index contributed by atoms with van der Waals surface area (Å²) < 4.78 is 0. The second kappa shape index (κ2) is 5.55. The van der Waals surface area contributed by atoms with Gasteiger partial charge in [0, 0.05) is 17.1 Å². The third-order valence-corrected chi connectivity index (χ3v) is 4.75. The Balaban J connectivity index is 2.27. The minimum Gasteiger partial charge on any atom is -0.301 e. The topological polar surface area (TPSA) is 69.5 Å². The van der Waals surface area contributed by atoms with E-state index in [2.05, 4.69) is 16.0 Å². The van der Waals surface area contributed by atoms with Crippen LogP contribution in [0.4, 0.5) is 0 Å². The molecule has 0 radical (unpaired) electrons. The highest BCUT2D eigenvalue weighted by molar-refractivity contribution is 7.99. The lowest BCUT2D eigenvalue weighted by molar-refractivity contribution is 0.950. The molecule has 18 heavy (non-hydrogen) atoms. The number of H-pyrrole nitrogens is 1. The number of aromatic nitrogens is 2. The summed E-state index contributed by atoms with van der Waals surface area (Å²) in [6.07, 6.45) is 1.35. The number of thiophene rings is 1. The summed E-state index contributed by atoms with van der Waals surface area (Å²) in [5, 5.41) is 9.80. The Labute approximate surface area is 113 Å². The number of thioether (sulfide) groups is 1. The molecule has 0 spiro atoms. The van der Waals surface area contributed by atoms with E-state index < -0.39 is 0 Å². The highest BCUT2D eigenvalue weighted by atomic mass is 32.2. The van der Waals surface area contributed by atoms with Crippen molar-refractivity contribution in [1.29, 1.82) is 5.26 Å². The largest absolute Gasteiger partial charge is 0.301 e. The number of fused-ring (bicyclic) bond motifs is 1. The molecule has 0 saturated heterocycles. The lowest BCUT2D eigenvalue weighted by atomic mass is 10.2. The van der Waals surface area contributed by atoms with Crippen molar-refractivity contribution in [2.24, 2.45) is 0 Å². The molecule has 0 unspecified atom stereocenters. The van der Waals surface area contributed by atoms with Gasteiger partial charge >= 0.3 is 0 Å². The van der Waals surface area contributed by atoms with Crippen molar-refractivity contribution < 1.29 is 0 Å². The number of unbranched alkanes of at least 4 members (excludes halogenated alkanes) is 1. The average molecular weight is 279 g/mol. The van der Waals surface area contributed by atoms with Gasteiger partial charge in [0.25, 0.3) is 5.56 Å². The first-order chi connectivity index (χ1) is 8.63. The summed E-state index contributed by atoms with van der Waals surface area (Å²) in [6.45, 7) is 3.95. The van der Waals surface area contributed by atoms with Gasteiger partial charge in [0.1, 0.15) is 4.83 Å². The molecule has 0 saturated carbocycles. The van der Waals surface area contributed by atoms with Crippen LogP contribution in [0.1, 0.15) is 23.3 Å². The summed E-state index contributed by atoms with van der Waals surface area (Å²) in [7, 11) is 0. The summed E-state index contributed by atoms with van der Waals surface area (Å²) in [5.41, 5.74) is 0.953. The van der Waals surface area contributed by atoms with Crippen LogP contribution in [0.2, 0.25) is 0 Å². The number of aromatic amines is 1. The van der Waals surface area contributed by atoms with E-state index in [9.17, 15) is 4.79 Å². The molecule has 2 heterocycles. The third kappa shape index (κ3) is 2.57. The highest BCUT2D eigenvalue weighted by Gasteiger charge is 2.11. The van der Waals surface area contributed by atoms with Gasteiger partial charge in [0.05, 0.1) is 11.5 Å². The van der Waals surface area contributed by atoms with E-state index >= 15 is 0 Å². The molecule has 2 rings (SSSR count). The predicted molar refractivity (Wildman–Crippen MR) is 75.3 cm³/mol. The van der Waals surface area contributed by atoms with Crippen molar-refractivity contribution >= 4 is 33.3 Å². The summed E-state index contributed by atoms with van der Waals surface area (Å²) >= 11 is 3.05. The maximum atomic E-state index is 12.0. The normalized spacial score (nSPS) is 10.7. The monoisotopic (exact) mass is 279 g/mol. The van der Waals surface area contributed by atoms with E-state index in [1.54, 1.807) is 11.3 Å². The standard InChI is InChI=1S/C12H13N3OS2/c1-7-8(2)18-11-9(7)10(16)14-12(15-11)17-6-4-3-5-13/h3-4,6H2,1-2H3,(H,14,15,16). The summed E-state index contributed by atoms with van der Waals surface area (Å²) in [4.78, 5) is 21.2. The van der Waals surface area contributed by atoms with E-state index in [4.69, 9.17) is 5.26 Å². The van der Waals surface area contributed by atoms with Crippen molar-refractivity contribution in [3.05, 3.63) is 20.8 Å². The second-order valence-corrected chi connectivity index (χ2v) is 6.23. The van der Waals surface area contributed by atoms with Crippen molar-refractivity contribution in [2.75, 3.05) is 5.75 Å². The minimum absolute atomic E-state index is 0.0652.